The highest BCUT2D eigenvalue weighted by Crippen LogP contribution is 2.10. The molecule has 2 aromatic heterocycles. The number of halogens is 2. The molecule has 0 N–H and O–H groups in total. The molecule has 13 heavy (non-hydrogen) atoms. The van der Waals surface area contributed by atoms with Gasteiger partial charge in [0.15, 0.2) is 11.5 Å². The van der Waals surface area contributed by atoms with Crippen molar-refractivity contribution in [3.05, 3.63) is 29.2 Å². The van der Waals surface area contributed by atoms with Gasteiger partial charge in [-0.2, -0.15) is 5.10 Å². The van der Waals surface area contributed by atoms with Crippen LogP contribution in [-0.2, 0) is 6.42 Å². The average molecular weight is 216 g/mol. The average Bonchev–Trinajstić information content (AvgIpc) is 2.46. The van der Waals surface area contributed by atoms with Crippen molar-refractivity contribution in [1.29, 1.82) is 0 Å². The minimum atomic E-state index is 0.532. The lowest BCUT2D eigenvalue weighted by atomic mass is 10.4. The largest absolute Gasteiger partial charge is 0.221 e. The van der Waals surface area contributed by atoms with E-state index in [2.05, 4.69) is 10.1 Å². The van der Waals surface area contributed by atoms with Crippen molar-refractivity contribution in [2.45, 2.75) is 6.42 Å². The molecule has 68 valence electrons. The van der Waals surface area contributed by atoms with Crippen LogP contribution in [0.1, 0.15) is 5.82 Å². The lowest BCUT2D eigenvalue weighted by Gasteiger charge is -1.89. The Morgan fingerprint density at radius 1 is 1.46 bits per heavy atom. The monoisotopic (exact) mass is 215 g/mol. The van der Waals surface area contributed by atoms with Gasteiger partial charge in [0.25, 0.3) is 0 Å². The van der Waals surface area contributed by atoms with Crippen LogP contribution in [0.15, 0.2) is 18.3 Å². The molecule has 2 rings (SSSR count). The summed E-state index contributed by atoms with van der Waals surface area (Å²) >= 11 is 11.4. The smallest absolute Gasteiger partial charge is 0.157 e. The van der Waals surface area contributed by atoms with Crippen LogP contribution in [-0.4, -0.2) is 20.5 Å². The maximum Gasteiger partial charge on any atom is 0.157 e. The van der Waals surface area contributed by atoms with Crippen LogP contribution >= 0.6 is 23.2 Å². The first-order chi connectivity index (χ1) is 6.29. The first-order valence-corrected chi connectivity index (χ1v) is 4.77. The van der Waals surface area contributed by atoms with E-state index < -0.39 is 0 Å². The number of alkyl halides is 1. The maximum atomic E-state index is 5.80. The minimum absolute atomic E-state index is 0.532. The zero-order chi connectivity index (χ0) is 9.26. The fourth-order valence-corrected chi connectivity index (χ4v) is 1.42. The van der Waals surface area contributed by atoms with Gasteiger partial charge in [-0.05, 0) is 6.07 Å². The molecule has 0 atom stereocenters. The second-order valence-corrected chi connectivity index (χ2v) is 3.43. The van der Waals surface area contributed by atoms with Crippen LogP contribution in [0.3, 0.4) is 0 Å². The number of rotatable bonds is 2. The zero-order valence-corrected chi connectivity index (χ0v) is 8.26. The summed E-state index contributed by atoms with van der Waals surface area (Å²) in [5, 5.41) is 4.87. The van der Waals surface area contributed by atoms with Gasteiger partial charge in [-0.15, -0.1) is 11.6 Å². The Morgan fingerprint density at radius 2 is 2.31 bits per heavy atom. The van der Waals surface area contributed by atoms with Gasteiger partial charge in [0.1, 0.15) is 0 Å². The second-order valence-electron chi connectivity index (χ2n) is 2.61. The van der Waals surface area contributed by atoms with Crippen LogP contribution in [0.2, 0.25) is 5.02 Å². The Morgan fingerprint density at radius 3 is 3.08 bits per heavy atom. The van der Waals surface area contributed by atoms with E-state index in [1.165, 1.54) is 0 Å². The van der Waals surface area contributed by atoms with Crippen molar-refractivity contribution in [3.8, 4) is 0 Å². The van der Waals surface area contributed by atoms with Crippen molar-refractivity contribution in [3.63, 3.8) is 0 Å². The Labute approximate surface area is 85.3 Å². The van der Waals surface area contributed by atoms with Crippen molar-refractivity contribution < 1.29 is 0 Å². The molecule has 0 amide bonds. The quantitative estimate of drug-likeness (QED) is 0.720. The summed E-state index contributed by atoms with van der Waals surface area (Å²) in [7, 11) is 0. The molecule has 2 heterocycles. The maximum absolute atomic E-state index is 5.80. The Balaban J connectivity index is 2.49. The molecule has 0 saturated heterocycles. The van der Waals surface area contributed by atoms with Gasteiger partial charge >= 0.3 is 0 Å². The summed E-state index contributed by atoms with van der Waals surface area (Å²) in [6.45, 7) is 0. The fraction of sp³-hybridized carbons (Fsp3) is 0.250. The SMILES string of the molecule is ClCCc1nc2cc(Cl)ccn2n1. The topological polar surface area (TPSA) is 30.2 Å². The van der Waals surface area contributed by atoms with Crippen LogP contribution in [0, 0.1) is 0 Å². The number of nitrogens with zero attached hydrogens (tertiary/aromatic N) is 3. The third-order valence-electron chi connectivity index (χ3n) is 1.66. The number of aromatic nitrogens is 3. The van der Waals surface area contributed by atoms with E-state index in [-0.39, 0.29) is 0 Å². The molecule has 0 bridgehead atoms. The first-order valence-electron chi connectivity index (χ1n) is 3.86. The molecule has 0 aliphatic heterocycles. The molecule has 0 unspecified atom stereocenters. The summed E-state index contributed by atoms with van der Waals surface area (Å²) in [6, 6.07) is 3.54. The van der Waals surface area contributed by atoms with E-state index in [1.54, 1.807) is 22.8 Å². The van der Waals surface area contributed by atoms with Crippen LogP contribution in [0.5, 0.6) is 0 Å². The van der Waals surface area contributed by atoms with Gasteiger partial charge in [0.2, 0.25) is 0 Å². The summed E-state index contributed by atoms with van der Waals surface area (Å²) in [6.07, 6.45) is 2.46. The van der Waals surface area contributed by atoms with E-state index >= 15 is 0 Å². The molecule has 0 fully saturated rings. The lowest BCUT2D eigenvalue weighted by molar-refractivity contribution is 0.888. The molecular weight excluding hydrogens is 209 g/mol. The molecule has 0 spiro atoms. The van der Waals surface area contributed by atoms with Crippen molar-refractivity contribution in [1.82, 2.24) is 14.6 Å². The van der Waals surface area contributed by atoms with Crippen LogP contribution in [0.25, 0.3) is 5.65 Å². The van der Waals surface area contributed by atoms with E-state index in [9.17, 15) is 0 Å². The van der Waals surface area contributed by atoms with Gasteiger partial charge in [-0.25, -0.2) is 9.50 Å². The summed E-state index contributed by atoms with van der Waals surface area (Å²) in [5.74, 6) is 1.28. The highest BCUT2D eigenvalue weighted by atomic mass is 35.5. The lowest BCUT2D eigenvalue weighted by Crippen LogP contribution is -1.90. The number of aryl methyl sites for hydroxylation is 1. The van der Waals surface area contributed by atoms with Crippen molar-refractivity contribution in [2.75, 3.05) is 5.88 Å². The highest BCUT2D eigenvalue weighted by molar-refractivity contribution is 6.30. The highest BCUT2D eigenvalue weighted by Gasteiger charge is 2.02. The van der Waals surface area contributed by atoms with Gasteiger partial charge in [0.05, 0.1) is 0 Å². The number of hydrogen-bond acceptors (Lipinski definition) is 2. The van der Waals surface area contributed by atoms with Crippen molar-refractivity contribution >= 4 is 28.8 Å². The van der Waals surface area contributed by atoms with Gasteiger partial charge in [-0.3, -0.25) is 0 Å². The molecule has 0 aliphatic rings. The molecule has 0 aromatic carbocycles. The molecule has 0 radical (unpaired) electrons. The van der Waals surface area contributed by atoms with Crippen molar-refractivity contribution in [2.24, 2.45) is 0 Å². The van der Waals surface area contributed by atoms with Gasteiger partial charge in [-0.1, -0.05) is 11.6 Å². The summed E-state index contributed by atoms with van der Waals surface area (Å²) in [4.78, 5) is 4.25. The summed E-state index contributed by atoms with van der Waals surface area (Å²) in [5.41, 5.74) is 0.757. The molecule has 0 aliphatic carbocycles. The number of pyridine rings is 1. The predicted molar refractivity (Wildman–Crippen MR) is 52.4 cm³/mol. The standard InChI is InChI=1S/C8H7Cl2N3/c9-3-1-7-11-8-5-6(10)2-4-13(8)12-7/h2,4-5H,1,3H2. The molecule has 0 saturated carbocycles. The van der Waals surface area contributed by atoms with E-state index in [4.69, 9.17) is 23.2 Å². The predicted octanol–water partition coefficient (Wildman–Crippen LogP) is 2.16. The van der Waals surface area contributed by atoms with Gasteiger partial charge < -0.3 is 0 Å². The van der Waals surface area contributed by atoms with E-state index in [0.29, 0.717) is 17.3 Å². The van der Waals surface area contributed by atoms with Gasteiger partial charge in [0, 0.05) is 29.6 Å². The number of fused-ring (bicyclic) bond motifs is 1. The van der Waals surface area contributed by atoms with Crippen LogP contribution in [0.4, 0.5) is 0 Å². The molecule has 2 aromatic rings. The normalized spacial score (nSPS) is 10.9. The minimum Gasteiger partial charge on any atom is -0.221 e. The zero-order valence-electron chi connectivity index (χ0n) is 6.74. The fourth-order valence-electron chi connectivity index (χ4n) is 1.09. The first kappa shape index (κ1) is 8.78. The third kappa shape index (κ3) is 1.76. The van der Waals surface area contributed by atoms with Crippen LogP contribution < -0.4 is 0 Å². The number of hydrogen-bond donors (Lipinski definition) is 0. The Hall–Kier alpha value is -0.800. The summed E-state index contributed by atoms with van der Waals surface area (Å²) < 4.78 is 1.69. The molecule has 5 heteroatoms. The van der Waals surface area contributed by atoms with E-state index in [1.807, 2.05) is 0 Å². The third-order valence-corrected chi connectivity index (χ3v) is 2.09. The van der Waals surface area contributed by atoms with E-state index in [0.717, 1.165) is 11.5 Å². The Bertz CT molecular complexity index is 424. The molecular formula is C8H7Cl2N3. The Kier molecular flexibility index (Phi) is 2.38. The molecule has 3 nitrogen and oxygen atoms in total. The second kappa shape index (κ2) is 3.52.